The van der Waals surface area contributed by atoms with Crippen LogP contribution < -0.4 is 9.47 Å². The lowest BCUT2D eigenvalue weighted by atomic mass is 9.65. The minimum absolute atomic E-state index is 0.0347. The van der Waals surface area contributed by atoms with Crippen molar-refractivity contribution in [2.24, 2.45) is 11.8 Å². The number of rotatable bonds is 5. The Hall–Kier alpha value is -2.75. The second-order valence-electron chi connectivity index (χ2n) is 11.9. The zero-order valence-corrected chi connectivity index (χ0v) is 24.2. The number of benzene rings is 1. The lowest BCUT2D eigenvalue weighted by molar-refractivity contribution is -0.394. The first-order valence-corrected chi connectivity index (χ1v) is 14.4. The molecule has 13 nitrogen and oxygen atoms in total. The Morgan fingerprint density at radius 2 is 1.77 bits per heavy atom. The van der Waals surface area contributed by atoms with E-state index in [2.05, 4.69) is 0 Å². The van der Waals surface area contributed by atoms with Gasteiger partial charge in [-0.2, -0.15) is 0 Å². The third kappa shape index (κ3) is 4.48. The van der Waals surface area contributed by atoms with Crippen molar-refractivity contribution in [1.82, 2.24) is 0 Å². The maximum Gasteiger partial charge on any atom is 0.310 e. The molecule has 0 bridgehead atoms. The summed E-state index contributed by atoms with van der Waals surface area (Å²) in [6.07, 6.45) is -4.39. The molecule has 12 atom stereocenters. The molecule has 13 heteroatoms. The zero-order valence-electron chi connectivity index (χ0n) is 24.2. The van der Waals surface area contributed by atoms with Crippen LogP contribution in [0.25, 0.3) is 0 Å². The molecule has 2 aliphatic carbocycles. The molecule has 3 fully saturated rings. The molecule has 1 aromatic rings. The molecule has 3 N–H and O–H groups in total. The van der Waals surface area contributed by atoms with Gasteiger partial charge in [0.1, 0.15) is 41.9 Å². The summed E-state index contributed by atoms with van der Waals surface area (Å²) < 4.78 is 52.2. The molecule has 6 aliphatic rings. The monoisotopic (exact) mass is 604 g/mol. The van der Waals surface area contributed by atoms with Gasteiger partial charge in [0.25, 0.3) is 0 Å². The van der Waals surface area contributed by atoms with Crippen molar-refractivity contribution in [3.05, 3.63) is 46.7 Å². The summed E-state index contributed by atoms with van der Waals surface area (Å²) in [7, 11) is 2.95. The summed E-state index contributed by atoms with van der Waals surface area (Å²) in [6, 6.07) is 3.63. The summed E-state index contributed by atoms with van der Waals surface area (Å²) >= 11 is 0. The Morgan fingerprint density at radius 1 is 1.02 bits per heavy atom. The fourth-order valence-corrected chi connectivity index (χ4v) is 7.27. The van der Waals surface area contributed by atoms with Gasteiger partial charge in [0.05, 0.1) is 32.3 Å². The number of ether oxygens (including phenoxy) is 9. The summed E-state index contributed by atoms with van der Waals surface area (Å²) in [4.78, 5) is 13.4. The van der Waals surface area contributed by atoms with E-state index in [4.69, 9.17) is 42.6 Å². The van der Waals surface area contributed by atoms with Crippen LogP contribution in [0.2, 0.25) is 0 Å². The van der Waals surface area contributed by atoms with Crippen LogP contribution >= 0.6 is 0 Å². The van der Waals surface area contributed by atoms with Gasteiger partial charge in [-0.05, 0) is 54.8 Å². The van der Waals surface area contributed by atoms with Crippen LogP contribution in [-0.2, 0) is 38.0 Å². The van der Waals surface area contributed by atoms with Crippen LogP contribution in [0, 0.1) is 11.8 Å². The average Bonchev–Trinajstić information content (AvgIpc) is 3.62. The third-order valence-electron chi connectivity index (χ3n) is 9.56. The molecule has 4 heterocycles. The molecular weight excluding hydrogens is 568 g/mol. The summed E-state index contributed by atoms with van der Waals surface area (Å²) in [5.41, 5.74) is 0.888. The zero-order chi connectivity index (χ0) is 30.2. The Bertz CT molecular complexity index is 1340. The van der Waals surface area contributed by atoms with Crippen molar-refractivity contribution in [1.29, 1.82) is 0 Å². The van der Waals surface area contributed by atoms with Crippen molar-refractivity contribution in [2.45, 2.75) is 74.6 Å². The summed E-state index contributed by atoms with van der Waals surface area (Å²) in [5, 5.41) is 33.1. The maximum atomic E-state index is 13.4. The molecule has 1 aromatic carbocycles. The van der Waals surface area contributed by atoms with Gasteiger partial charge in [-0.3, -0.25) is 4.79 Å². The number of carbonyl (C=O) groups is 1. The van der Waals surface area contributed by atoms with Crippen LogP contribution in [0.15, 0.2) is 35.6 Å². The van der Waals surface area contributed by atoms with Gasteiger partial charge in [0, 0.05) is 18.9 Å². The quantitative estimate of drug-likeness (QED) is 0.406. The molecule has 4 aliphatic heterocycles. The van der Waals surface area contributed by atoms with Gasteiger partial charge in [-0.1, -0.05) is 0 Å². The van der Waals surface area contributed by atoms with Gasteiger partial charge >= 0.3 is 5.97 Å². The fraction of sp³-hybridized carbons (Fsp3) is 0.633. The number of methoxy groups -OCH3 is 2. The standard InChI is InChI=1S/C30H36O13/c1-12-37-10-21-30(2,43-12)27(33)25(32)29(41-21)42-26-15-8-18-17(39-11-40-18)7-14(15)22(23-16(26)9-38-28(23)34)13-5-19(35-3)24(31)20(6-13)36-4/h5-8,12,16,19,21-27,29,31-33H,9-11H2,1-4H3/t12-,16+,19?,21-,22-,23+,24?,25-,26-,27-,29+,30-/m1/s1. The number of esters is 1. The largest absolute Gasteiger partial charge is 0.498 e. The van der Waals surface area contributed by atoms with E-state index in [0.717, 1.165) is 0 Å². The second-order valence-corrected chi connectivity index (χ2v) is 11.9. The number of aliphatic hydroxyl groups excluding tert-OH is 3. The summed E-state index contributed by atoms with van der Waals surface area (Å²) in [5.74, 6) is -0.841. The third-order valence-corrected chi connectivity index (χ3v) is 9.56. The predicted molar refractivity (Wildman–Crippen MR) is 143 cm³/mol. The second kappa shape index (κ2) is 10.7. The number of carbonyl (C=O) groups excluding carboxylic acids is 1. The lowest BCUT2D eigenvalue weighted by Crippen LogP contribution is -2.69. The highest BCUT2D eigenvalue weighted by Gasteiger charge is 2.59. The van der Waals surface area contributed by atoms with Crippen molar-refractivity contribution in [3.63, 3.8) is 0 Å². The normalized spacial score (nSPS) is 43.1. The topological polar surface area (TPSA) is 161 Å². The SMILES string of the molecule is COC1=CC([C@@H]2c3cc4c(cc3[C@@H](O[C@@H]3O[C@@H]5CO[C@@H](C)O[C@@]5(C)[C@H](O)[C@H]3O)[C@H]3COC(=O)[C@@H]32)OCO4)=CC(OC)C1O. The average molecular weight is 605 g/mol. The molecule has 7 rings (SSSR count). The first-order chi connectivity index (χ1) is 20.6. The molecule has 0 amide bonds. The van der Waals surface area contributed by atoms with Crippen LogP contribution in [0.3, 0.4) is 0 Å². The molecule has 0 aromatic heterocycles. The number of hydrogen-bond donors (Lipinski definition) is 3. The van der Waals surface area contributed by atoms with Crippen LogP contribution in [0.5, 0.6) is 11.5 Å². The van der Waals surface area contributed by atoms with Crippen molar-refractivity contribution < 1.29 is 62.7 Å². The van der Waals surface area contributed by atoms with E-state index < -0.39 is 78.5 Å². The highest BCUT2D eigenvalue weighted by Crippen LogP contribution is 2.57. The fourth-order valence-electron chi connectivity index (χ4n) is 7.27. The van der Waals surface area contributed by atoms with Gasteiger partial charge in [0.15, 0.2) is 24.1 Å². The Kier molecular flexibility index (Phi) is 7.22. The van der Waals surface area contributed by atoms with Gasteiger partial charge in [0.2, 0.25) is 6.79 Å². The Labute approximate surface area is 247 Å². The molecule has 2 unspecified atom stereocenters. The smallest absolute Gasteiger partial charge is 0.310 e. The van der Waals surface area contributed by atoms with E-state index in [9.17, 15) is 20.1 Å². The van der Waals surface area contributed by atoms with Gasteiger partial charge in [-0.25, -0.2) is 0 Å². The summed E-state index contributed by atoms with van der Waals surface area (Å²) in [6.45, 7) is 3.60. The van der Waals surface area contributed by atoms with Crippen LogP contribution in [-0.4, -0.2) is 104 Å². The molecule has 3 saturated heterocycles. The van der Waals surface area contributed by atoms with E-state index in [0.29, 0.717) is 34.0 Å². The van der Waals surface area contributed by atoms with Crippen molar-refractivity contribution in [2.75, 3.05) is 34.2 Å². The van der Waals surface area contributed by atoms with E-state index in [1.807, 2.05) is 12.1 Å². The predicted octanol–water partition coefficient (Wildman–Crippen LogP) is 0.804. The number of aliphatic hydroxyl groups is 3. The first kappa shape index (κ1) is 29.0. The first-order valence-electron chi connectivity index (χ1n) is 14.4. The molecule has 0 saturated carbocycles. The number of cyclic esters (lactones) is 1. The molecule has 0 spiro atoms. The minimum atomic E-state index is -1.46. The number of allylic oxidation sites excluding steroid dienone is 2. The Balaban J connectivity index is 1.30. The highest BCUT2D eigenvalue weighted by atomic mass is 16.8. The van der Waals surface area contributed by atoms with E-state index in [-0.39, 0.29) is 20.0 Å². The van der Waals surface area contributed by atoms with E-state index in [1.165, 1.54) is 14.2 Å². The Morgan fingerprint density at radius 3 is 2.49 bits per heavy atom. The van der Waals surface area contributed by atoms with Gasteiger partial charge in [-0.15, -0.1) is 0 Å². The van der Waals surface area contributed by atoms with Crippen molar-refractivity contribution in [3.8, 4) is 11.5 Å². The van der Waals surface area contributed by atoms with Crippen molar-refractivity contribution >= 4 is 5.97 Å². The number of fused-ring (bicyclic) bond motifs is 4. The van der Waals surface area contributed by atoms with Gasteiger partial charge < -0.3 is 58.0 Å². The molecule has 234 valence electrons. The number of hydrogen-bond acceptors (Lipinski definition) is 13. The highest BCUT2D eigenvalue weighted by molar-refractivity contribution is 5.79. The molecule has 0 radical (unpaired) electrons. The lowest BCUT2D eigenvalue weighted by Gasteiger charge is -2.53. The van der Waals surface area contributed by atoms with Crippen LogP contribution in [0.1, 0.15) is 37.0 Å². The minimum Gasteiger partial charge on any atom is -0.498 e. The van der Waals surface area contributed by atoms with Crippen LogP contribution in [0.4, 0.5) is 0 Å². The molecule has 43 heavy (non-hydrogen) atoms. The molecular formula is C30H36O13. The van der Waals surface area contributed by atoms with E-state index >= 15 is 0 Å². The van der Waals surface area contributed by atoms with E-state index in [1.54, 1.807) is 26.0 Å². The maximum absolute atomic E-state index is 13.4.